The van der Waals surface area contributed by atoms with Gasteiger partial charge in [0.25, 0.3) is 5.91 Å². The minimum absolute atomic E-state index is 0.00740. The average molecular weight is 415 g/mol. The number of aliphatic hydroxyl groups is 1. The number of carbonyl (C=O) groups excluding carboxylic acids is 2. The van der Waals surface area contributed by atoms with Crippen LogP contribution in [-0.2, 0) is 14.3 Å². The Morgan fingerprint density at radius 1 is 1.58 bits per heavy atom. The lowest BCUT2D eigenvalue weighted by Gasteiger charge is -2.16. The van der Waals surface area contributed by atoms with Gasteiger partial charge in [-0.3, -0.25) is 4.79 Å². The Balaban J connectivity index is 2.47. The maximum atomic E-state index is 12.5. The third kappa shape index (κ3) is 3.38. The van der Waals surface area contributed by atoms with Gasteiger partial charge in [-0.1, -0.05) is 11.6 Å². The molecule has 1 amide bonds. The number of anilines is 1. The average Bonchev–Trinajstić information content (AvgIpc) is 2.87. The third-order valence-electron chi connectivity index (χ3n) is 3.42. The van der Waals surface area contributed by atoms with Crippen LogP contribution in [0.5, 0.6) is 0 Å². The standard InChI is InChI=1S/C15H13BrClN3O4/c1-24-15(23)9-7-20(4-5-21)14(22)12(9)19-13-10(16)3-2-8(6-18)11(13)17/h2-3,19,21H,4-5,7H2,1H3. The molecule has 1 heterocycles. The number of nitrogens with one attached hydrogen (secondary N) is 1. The van der Waals surface area contributed by atoms with Gasteiger partial charge >= 0.3 is 5.97 Å². The largest absolute Gasteiger partial charge is 0.466 e. The molecule has 1 aromatic carbocycles. The number of rotatable bonds is 5. The van der Waals surface area contributed by atoms with E-state index in [1.807, 2.05) is 6.07 Å². The highest BCUT2D eigenvalue weighted by atomic mass is 79.9. The number of ether oxygens (including phenoxy) is 1. The van der Waals surface area contributed by atoms with Gasteiger partial charge in [0.1, 0.15) is 11.8 Å². The molecule has 0 atom stereocenters. The molecule has 0 radical (unpaired) electrons. The van der Waals surface area contributed by atoms with Crippen molar-refractivity contribution < 1.29 is 19.4 Å². The van der Waals surface area contributed by atoms with Crippen molar-refractivity contribution in [3.8, 4) is 6.07 Å². The van der Waals surface area contributed by atoms with E-state index in [2.05, 4.69) is 21.2 Å². The highest BCUT2D eigenvalue weighted by molar-refractivity contribution is 9.10. The number of halogens is 2. The molecule has 2 rings (SSSR count). The number of aliphatic hydroxyl groups excluding tert-OH is 1. The van der Waals surface area contributed by atoms with Gasteiger partial charge in [-0.25, -0.2) is 4.79 Å². The van der Waals surface area contributed by atoms with Crippen LogP contribution >= 0.6 is 27.5 Å². The van der Waals surface area contributed by atoms with Crippen molar-refractivity contribution >= 4 is 45.1 Å². The smallest absolute Gasteiger partial charge is 0.337 e. The van der Waals surface area contributed by atoms with Crippen molar-refractivity contribution in [3.63, 3.8) is 0 Å². The van der Waals surface area contributed by atoms with Gasteiger partial charge in [-0.2, -0.15) is 5.26 Å². The summed E-state index contributed by atoms with van der Waals surface area (Å²) in [7, 11) is 1.21. The molecule has 24 heavy (non-hydrogen) atoms. The number of esters is 1. The molecule has 0 bridgehead atoms. The van der Waals surface area contributed by atoms with Gasteiger partial charge in [-0.15, -0.1) is 0 Å². The van der Waals surface area contributed by atoms with Crippen LogP contribution in [-0.4, -0.2) is 48.7 Å². The van der Waals surface area contributed by atoms with E-state index in [9.17, 15) is 9.59 Å². The number of nitriles is 1. The van der Waals surface area contributed by atoms with Gasteiger partial charge in [0.05, 0.1) is 42.1 Å². The Morgan fingerprint density at radius 3 is 2.88 bits per heavy atom. The van der Waals surface area contributed by atoms with Crippen molar-refractivity contribution in [1.82, 2.24) is 4.90 Å². The van der Waals surface area contributed by atoms with E-state index in [1.165, 1.54) is 18.1 Å². The number of nitrogens with zero attached hydrogens (tertiary/aromatic N) is 2. The minimum atomic E-state index is -0.657. The molecule has 1 aliphatic rings. The summed E-state index contributed by atoms with van der Waals surface area (Å²) in [6, 6.07) is 5.08. The van der Waals surface area contributed by atoms with Crippen LogP contribution in [0.1, 0.15) is 5.56 Å². The fourth-order valence-electron chi connectivity index (χ4n) is 2.23. The van der Waals surface area contributed by atoms with Crippen LogP contribution in [0.3, 0.4) is 0 Å². The highest BCUT2D eigenvalue weighted by Gasteiger charge is 2.35. The normalized spacial score (nSPS) is 14.0. The van der Waals surface area contributed by atoms with E-state index in [0.717, 1.165) is 0 Å². The lowest BCUT2D eigenvalue weighted by molar-refractivity contribution is -0.136. The number of methoxy groups -OCH3 is 1. The molecule has 0 saturated carbocycles. The van der Waals surface area contributed by atoms with E-state index in [0.29, 0.717) is 10.2 Å². The molecular weight excluding hydrogens is 402 g/mol. The van der Waals surface area contributed by atoms with E-state index in [1.54, 1.807) is 6.07 Å². The summed E-state index contributed by atoms with van der Waals surface area (Å²) in [5, 5.41) is 21.1. The summed E-state index contributed by atoms with van der Waals surface area (Å²) in [5.41, 5.74) is 0.654. The molecule has 0 unspecified atom stereocenters. The summed E-state index contributed by atoms with van der Waals surface area (Å²) < 4.78 is 5.23. The number of hydrogen-bond acceptors (Lipinski definition) is 6. The summed E-state index contributed by atoms with van der Waals surface area (Å²) in [6.07, 6.45) is 0. The van der Waals surface area contributed by atoms with Gasteiger partial charge in [0, 0.05) is 11.0 Å². The fourth-order valence-corrected chi connectivity index (χ4v) is 3.03. The number of benzene rings is 1. The number of amides is 1. The zero-order valence-corrected chi connectivity index (χ0v) is 14.9. The van der Waals surface area contributed by atoms with Crippen molar-refractivity contribution in [2.75, 3.05) is 32.1 Å². The van der Waals surface area contributed by atoms with Crippen molar-refractivity contribution in [1.29, 1.82) is 5.26 Å². The SMILES string of the molecule is COC(=O)C1=C(Nc2c(Br)ccc(C#N)c2Cl)C(=O)N(CCO)C1. The second-order valence-electron chi connectivity index (χ2n) is 4.82. The van der Waals surface area contributed by atoms with E-state index in [-0.39, 0.29) is 41.6 Å². The zero-order chi connectivity index (χ0) is 17.9. The first kappa shape index (κ1) is 18.3. The predicted molar refractivity (Wildman–Crippen MR) is 90.2 cm³/mol. The summed E-state index contributed by atoms with van der Waals surface area (Å²) in [4.78, 5) is 25.7. The molecule has 1 aromatic rings. The van der Waals surface area contributed by atoms with Crippen LogP contribution in [0.25, 0.3) is 0 Å². The Labute approximate surface area is 151 Å². The van der Waals surface area contributed by atoms with Gasteiger partial charge in [-0.05, 0) is 28.1 Å². The molecule has 0 fully saturated rings. The Bertz CT molecular complexity index is 773. The van der Waals surface area contributed by atoms with Crippen molar-refractivity contribution in [2.24, 2.45) is 0 Å². The van der Waals surface area contributed by atoms with Crippen molar-refractivity contribution in [3.05, 3.63) is 38.5 Å². The molecule has 2 N–H and O–H groups in total. The van der Waals surface area contributed by atoms with E-state index < -0.39 is 11.9 Å². The number of hydrogen-bond donors (Lipinski definition) is 2. The molecule has 0 saturated heterocycles. The van der Waals surface area contributed by atoms with Gasteiger partial charge < -0.3 is 20.1 Å². The first-order valence-electron chi connectivity index (χ1n) is 6.81. The Hall–Kier alpha value is -2.08. The third-order valence-corrected chi connectivity index (χ3v) is 4.47. The minimum Gasteiger partial charge on any atom is -0.466 e. The molecule has 9 heteroatoms. The first-order valence-corrected chi connectivity index (χ1v) is 7.98. The van der Waals surface area contributed by atoms with Crippen LogP contribution in [0.4, 0.5) is 5.69 Å². The topological polar surface area (TPSA) is 103 Å². The summed E-state index contributed by atoms with van der Waals surface area (Å²) >= 11 is 9.48. The van der Waals surface area contributed by atoms with Gasteiger partial charge in [0.15, 0.2) is 0 Å². The Kier molecular flexibility index (Phi) is 5.83. The maximum absolute atomic E-state index is 12.5. The second-order valence-corrected chi connectivity index (χ2v) is 6.05. The first-order chi connectivity index (χ1) is 11.4. The molecule has 0 aromatic heterocycles. The molecule has 126 valence electrons. The van der Waals surface area contributed by atoms with E-state index in [4.69, 9.17) is 26.7 Å². The predicted octanol–water partition coefficient (Wildman–Crippen LogP) is 1.65. The molecule has 7 nitrogen and oxygen atoms in total. The van der Waals surface area contributed by atoms with Crippen LogP contribution in [0, 0.1) is 11.3 Å². The Morgan fingerprint density at radius 2 is 2.29 bits per heavy atom. The monoisotopic (exact) mass is 413 g/mol. The van der Waals surface area contributed by atoms with Crippen LogP contribution in [0.15, 0.2) is 27.9 Å². The highest BCUT2D eigenvalue weighted by Crippen LogP contribution is 2.35. The number of β-amino-alcohol motifs (C(OH)–C–C–N with tert-alkyl or cyclic N) is 1. The molecule has 1 aliphatic heterocycles. The summed E-state index contributed by atoms with van der Waals surface area (Å²) in [6.45, 7) is -0.138. The van der Waals surface area contributed by atoms with Crippen LogP contribution < -0.4 is 5.32 Å². The second kappa shape index (κ2) is 7.66. The zero-order valence-electron chi connectivity index (χ0n) is 12.6. The maximum Gasteiger partial charge on any atom is 0.337 e. The van der Waals surface area contributed by atoms with Crippen LogP contribution in [0.2, 0.25) is 5.02 Å². The lowest BCUT2D eigenvalue weighted by atomic mass is 10.2. The molecular formula is C15H13BrClN3O4. The fraction of sp³-hybridized carbons (Fsp3) is 0.267. The molecule has 0 aliphatic carbocycles. The summed E-state index contributed by atoms with van der Waals surface area (Å²) in [5.74, 6) is -1.12. The van der Waals surface area contributed by atoms with E-state index >= 15 is 0 Å². The van der Waals surface area contributed by atoms with Crippen molar-refractivity contribution in [2.45, 2.75) is 0 Å². The lowest BCUT2D eigenvalue weighted by Crippen LogP contribution is -2.31. The molecule has 0 spiro atoms. The number of carbonyl (C=O) groups is 2. The quantitative estimate of drug-likeness (QED) is 0.710. The van der Waals surface area contributed by atoms with Gasteiger partial charge in [0.2, 0.25) is 0 Å².